The molecule has 140 valence electrons. The smallest absolute Gasteiger partial charge is 0.387 e. The zero-order valence-electron chi connectivity index (χ0n) is 15.1. The van der Waals surface area contributed by atoms with Crippen LogP contribution in [0.25, 0.3) is 0 Å². The molecule has 7 heteroatoms. The van der Waals surface area contributed by atoms with Gasteiger partial charge in [-0.05, 0) is 24.1 Å². The number of halogens is 2. The molecule has 0 radical (unpaired) electrons. The molecule has 1 N–H and O–H groups in total. The van der Waals surface area contributed by atoms with Crippen LogP contribution in [0.2, 0.25) is 0 Å². The van der Waals surface area contributed by atoms with Crippen LogP contribution in [0, 0.1) is 5.41 Å². The van der Waals surface area contributed by atoms with Crippen LogP contribution in [0.15, 0.2) is 24.3 Å². The molecule has 0 aliphatic rings. The molecule has 0 spiro atoms. The maximum absolute atomic E-state index is 12.1. The second kappa shape index (κ2) is 9.34. The molecule has 2 amide bonds. The Kier molecular flexibility index (Phi) is 7.80. The predicted octanol–water partition coefficient (Wildman–Crippen LogP) is 3.19. The summed E-state index contributed by atoms with van der Waals surface area (Å²) in [6, 6.07) is 6.18. The molecule has 5 nitrogen and oxygen atoms in total. The Bertz CT molecular complexity index is 569. The van der Waals surface area contributed by atoms with Crippen LogP contribution in [0.1, 0.15) is 39.2 Å². The fourth-order valence-electron chi connectivity index (χ4n) is 2.04. The van der Waals surface area contributed by atoms with E-state index in [-0.39, 0.29) is 17.6 Å². The van der Waals surface area contributed by atoms with Gasteiger partial charge in [-0.15, -0.1) is 0 Å². The normalized spacial score (nSPS) is 11.3. The number of hydrogen-bond acceptors (Lipinski definition) is 3. The Hall–Kier alpha value is -2.18. The van der Waals surface area contributed by atoms with E-state index in [0.717, 1.165) is 5.56 Å². The second-order valence-corrected chi connectivity index (χ2v) is 6.88. The van der Waals surface area contributed by atoms with E-state index in [1.54, 1.807) is 24.1 Å². The Morgan fingerprint density at radius 2 is 1.80 bits per heavy atom. The SMILES string of the molecule is CN(Cc1ccc(OC(F)F)cc1)C(=O)CCCNC(=O)C(C)(C)C. The highest BCUT2D eigenvalue weighted by Crippen LogP contribution is 2.16. The van der Waals surface area contributed by atoms with Crippen molar-refractivity contribution in [2.75, 3.05) is 13.6 Å². The number of amides is 2. The number of carbonyl (C=O) groups is 2. The number of rotatable bonds is 8. The summed E-state index contributed by atoms with van der Waals surface area (Å²) in [5.41, 5.74) is 0.375. The average Bonchev–Trinajstić information content (AvgIpc) is 2.51. The van der Waals surface area contributed by atoms with Crippen molar-refractivity contribution in [2.24, 2.45) is 5.41 Å². The second-order valence-electron chi connectivity index (χ2n) is 6.88. The van der Waals surface area contributed by atoms with Crippen LogP contribution in [0.5, 0.6) is 5.75 Å². The van der Waals surface area contributed by atoms with Gasteiger partial charge >= 0.3 is 6.61 Å². The van der Waals surface area contributed by atoms with Crippen LogP contribution < -0.4 is 10.1 Å². The molecule has 25 heavy (non-hydrogen) atoms. The quantitative estimate of drug-likeness (QED) is 0.728. The molecule has 0 aromatic heterocycles. The zero-order chi connectivity index (χ0) is 19.0. The van der Waals surface area contributed by atoms with E-state index in [1.165, 1.54) is 12.1 Å². The van der Waals surface area contributed by atoms with Crippen LogP contribution in [0.4, 0.5) is 8.78 Å². The van der Waals surface area contributed by atoms with Gasteiger partial charge in [0.2, 0.25) is 11.8 Å². The van der Waals surface area contributed by atoms with E-state index < -0.39 is 12.0 Å². The summed E-state index contributed by atoms with van der Waals surface area (Å²) >= 11 is 0. The molecule has 0 aliphatic heterocycles. The molecule has 1 aromatic rings. The van der Waals surface area contributed by atoms with Gasteiger partial charge in [0.15, 0.2) is 0 Å². The van der Waals surface area contributed by atoms with Crippen LogP contribution in [-0.4, -0.2) is 36.9 Å². The molecule has 0 atom stereocenters. The van der Waals surface area contributed by atoms with Gasteiger partial charge in [-0.3, -0.25) is 9.59 Å². The minimum absolute atomic E-state index is 0.0422. The Morgan fingerprint density at radius 1 is 1.20 bits per heavy atom. The summed E-state index contributed by atoms with van der Waals surface area (Å²) in [5, 5.41) is 2.80. The molecular formula is C18H26F2N2O3. The maximum Gasteiger partial charge on any atom is 0.387 e. The minimum Gasteiger partial charge on any atom is -0.435 e. The average molecular weight is 356 g/mol. The molecule has 0 aliphatic carbocycles. The molecule has 0 bridgehead atoms. The van der Waals surface area contributed by atoms with Gasteiger partial charge < -0.3 is 15.0 Å². The largest absolute Gasteiger partial charge is 0.435 e. The summed E-state index contributed by atoms with van der Waals surface area (Å²) in [6.45, 7) is 3.47. The van der Waals surface area contributed by atoms with Gasteiger partial charge in [-0.2, -0.15) is 8.78 Å². The third-order valence-electron chi connectivity index (χ3n) is 3.53. The molecule has 0 saturated carbocycles. The lowest BCUT2D eigenvalue weighted by atomic mass is 9.96. The zero-order valence-corrected chi connectivity index (χ0v) is 15.1. The Morgan fingerprint density at radius 3 is 2.32 bits per heavy atom. The molecule has 0 saturated heterocycles. The van der Waals surface area contributed by atoms with Crippen molar-refractivity contribution in [1.82, 2.24) is 10.2 Å². The lowest BCUT2D eigenvalue weighted by Gasteiger charge is -2.19. The first kappa shape index (κ1) is 20.9. The lowest BCUT2D eigenvalue weighted by molar-refractivity contribution is -0.131. The molecular weight excluding hydrogens is 330 g/mol. The number of carbonyl (C=O) groups excluding carboxylic acids is 2. The molecule has 1 aromatic carbocycles. The third-order valence-corrected chi connectivity index (χ3v) is 3.53. The fraction of sp³-hybridized carbons (Fsp3) is 0.556. The van der Waals surface area contributed by atoms with E-state index in [9.17, 15) is 18.4 Å². The summed E-state index contributed by atoms with van der Waals surface area (Å²) in [5.74, 6) is -0.000330. The first-order valence-electron chi connectivity index (χ1n) is 8.15. The summed E-state index contributed by atoms with van der Waals surface area (Å²) in [6.07, 6.45) is 0.889. The number of nitrogens with zero attached hydrogens (tertiary/aromatic N) is 1. The number of ether oxygens (including phenoxy) is 1. The number of alkyl halides is 2. The standard InChI is InChI=1S/C18H26F2N2O3/c1-18(2,3)16(24)21-11-5-6-15(23)22(4)12-13-7-9-14(10-8-13)25-17(19)20/h7-10,17H,5-6,11-12H2,1-4H3,(H,21,24). The first-order valence-corrected chi connectivity index (χ1v) is 8.15. The topological polar surface area (TPSA) is 58.6 Å². The van der Waals surface area contributed by atoms with Crippen molar-refractivity contribution in [3.05, 3.63) is 29.8 Å². The molecule has 0 fully saturated rings. The maximum atomic E-state index is 12.1. The number of hydrogen-bond donors (Lipinski definition) is 1. The first-order chi connectivity index (χ1) is 11.6. The summed E-state index contributed by atoms with van der Waals surface area (Å²) < 4.78 is 28.5. The predicted molar refractivity (Wildman–Crippen MR) is 91.2 cm³/mol. The van der Waals surface area contributed by atoms with Crippen molar-refractivity contribution in [3.8, 4) is 5.75 Å². The van der Waals surface area contributed by atoms with Crippen molar-refractivity contribution < 1.29 is 23.1 Å². The molecule has 0 heterocycles. The van der Waals surface area contributed by atoms with Crippen molar-refractivity contribution in [3.63, 3.8) is 0 Å². The number of benzene rings is 1. The molecule has 0 unspecified atom stereocenters. The van der Waals surface area contributed by atoms with Gasteiger partial charge in [-0.25, -0.2) is 0 Å². The monoisotopic (exact) mass is 356 g/mol. The highest BCUT2D eigenvalue weighted by Gasteiger charge is 2.20. The third kappa shape index (κ3) is 7.96. The van der Waals surface area contributed by atoms with E-state index >= 15 is 0 Å². The van der Waals surface area contributed by atoms with Crippen LogP contribution >= 0.6 is 0 Å². The highest BCUT2D eigenvalue weighted by molar-refractivity contribution is 5.81. The molecule has 1 rings (SSSR count). The fourth-order valence-corrected chi connectivity index (χ4v) is 2.04. The number of nitrogens with one attached hydrogen (secondary N) is 1. The Labute approximate surface area is 147 Å². The summed E-state index contributed by atoms with van der Waals surface area (Å²) in [7, 11) is 1.68. The van der Waals surface area contributed by atoms with Gasteiger partial charge in [0, 0.05) is 32.0 Å². The van der Waals surface area contributed by atoms with Gasteiger partial charge in [-0.1, -0.05) is 32.9 Å². The van der Waals surface area contributed by atoms with E-state index in [0.29, 0.717) is 25.9 Å². The van der Waals surface area contributed by atoms with Crippen LogP contribution in [-0.2, 0) is 16.1 Å². The Balaban J connectivity index is 2.35. The van der Waals surface area contributed by atoms with Gasteiger partial charge in [0.1, 0.15) is 5.75 Å². The van der Waals surface area contributed by atoms with E-state index in [2.05, 4.69) is 10.1 Å². The van der Waals surface area contributed by atoms with Crippen LogP contribution in [0.3, 0.4) is 0 Å². The summed E-state index contributed by atoms with van der Waals surface area (Å²) in [4.78, 5) is 25.4. The van der Waals surface area contributed by atoms with Crippen molar-refractivity contribution in [1.29, 1.82) is 0 Å². The minimum atomic E-state index is -2.85. The van der Waals surface area contributed by atoms with Gasteiger partial charge in [0.25, 0.3) is 0 Å². The van der Waals surface area contributed by atoms with Crippen molar-refractivity contribution in [2.45, 2.75) is 46.8 Å². The van der Waals surface area contributed by atoms with E-state index in [4.69, 9.17) is 0 Å². The van der Waals surface area contributed by atoms with Gasteiger partial charge in [0.05, 0.1) is 0 Å². The van der Waals surface area contributed by atoms with Crippen molar-refractivity contribution >= 4 is 11.8 Å². The lowest BCUT2D eigenvalue weighted by Crippen LogP contribution is -2.35. The van der Waals surface area contributed by atoms with E-state index in [1.807, 2.05) is 20.8 Å². The highest BCUT2D eigenvalue weighted by atomic mass is 19.3.